The number of nitrogens with zero attached hydrogens (tertiary/aromatic N) is 1. The second kappa shape index (κ2) is 11.7. The highest BCUT2D eigenvalue weighted by molar-refractivity contribution is 7.26. The van der Waals surface area contributed by atoms with E-state index in [1.807, 2.05) is 11.3 Å². The zero-order valence-electron chi connectivity index (χ0n) is 27.3. The predicted molar refractivity (Wildman–Crippen MR) is 217 cm³/mol. The molecular formula is C48H31NS. The molecule has 0 unspecified atom stereocenters. The van der Waals surface area contributed by atoms with Crippen LogP contribution in [0.1, 0.15) is 0 Å². The van der Waals surface area contributed by atoms with Crippen molar-refractivity contribution >= 4 is 80.9 Å². The monoisotopic (exact) mass is 653 g/mol. The highest BCUT2D eigenvalue weighted by atomic mass is 32.1. The third-order valence-electron chi connectivity index (χ3n) is 10.0. The molecule has 0 bridgehead atoms. The quantitative estimate of drug-likeness (QED) is 0.167. The topological polar surface area (TPSA) is 3.24 Å². The van der Waals surface area contributed by atoms with Crippen molar-refractivity contribution in [3.05, 3.63) is 188 Å². The van der Waals surface area contributed by atoms with Crippen molar-refractivity contribution in [2.75, 3.05) is 4.90 Å². The van der Waals surface area contributed by atoms with E-state index in [4.69, 9.17) is 0 Å². The summed E-state index contributed by atoms with van der Waals surface area (Å²) in [5, 5.41) is 10.1. The average Bonchev–Trinajstić information content (AvgIpc) is 3.57. The number of thiophene rings is 1. The van der Waals surface area contributed by atoms with Gasteiger partial charge in [-0.25, -0.2) is 0 Å². The lowest BCUT2D eigenvalue weighted by molar-refractivity contribution is 1.30. The van der Waals surface area contributed by atoms with E-state index in [0.717, 1.165) is 11.4 Å². The first-order chi connectivity index (χ1) is 24.8. The van der Waals surface area contributed by atoms with Crippen LogP contribution in [-0.4, -0.2) is 0 Å². The maximum Gasteiger partial charge on any atom is 0.0640 e. The Labute approximate surface area is 294 Å². The SMILES string of the molecule is c1cc(-c2cc3ccccc3c3ccccc23)cc(N(c2ccccc2-c2ccc3ccccc3c2)c2cccc3c2sc2ccccc23)c1. The summed E-state index contributed by atoms with van der Waals surface area (Å²) >= 11 is 1.87. The number of fused-ring (bicyclic) bond motifs is 7. The molecule has 0 aliphatic heterocycles. The van der Waals surface area contributed by atoms with Gasteiger partial charge in [-0.05, 0) is 91.5 Å². The zero-order valence-corrected chi connectivity index (χ0v) is 28.1. The summed E-state index contributed by atoms with van der Waals surface area (Å²) in [4.78, 5) is 2.48. The largest absolute Gasteiger partial charge is 0.308 e. The van der Waals surface area contributed by atoms with E-state index in [1.165, 1.54) is 80.4 Å². The molecule has 0 saturated heterocycles. The van der Waals surface area contributed by atoms with Gasteiger partial charge >= 0.3 is 0 Å². The van der Waals surface area contributed by atoms with E-state index in [-0.39, 0.29) is 0 Å². The molecule has 2 heteroatoms. The fourth-order valence-electron chi connectivity index (χ4n) is 7.69. The van der Waals surface area contributed by atoms with Gasteiger partial charge < -0.3 is 4.90 Å². The van der Waals surface area contributed by atoms with Crippen molar-refractivity contribution < 1.29 is 0 Å². The minimum absolute atomic E-state index is 1.12. The molecule has 9 aromatic carbocycles. The highest BCUT2D eigenvalue weighted by Crippen LogP contribution is 2.48. The molecule has 0 aliphatic rings. The molecule has 0 fully saturated rings. The predicted octanol–water partition coefficient (Wildman–Crippen LogP) is 14.3. The minimum atomic E-state index is 1.12. The molecule has 10 aromatic rings. The first-order valence-electron chi connectivity index (χ1n) is 17.1. The molecule has 0 atom stereocenters. The van der Waals surface area contributed by atoms with Crippen LogP contribution in [0.5, 0.6) is 0 Å². The molecule has 0 amide bonds. The van der Waals surface area contributed by atoms with Crippen molar-refractivity contribution in [3.8, 4) is 22.3 Å². The summed E-state index contributed by atoms with van der Waals surface area (Å²) in [5.74, 6) is 0. The summed E-state index contributed by atoms with van der Waals surface area (Å²) in [6.07, 6.45) is 0. The Bertz CT molecular complexity index is 2900. The number of rotatable bonds is 5. The standard InChI is InChI=1S/C48H31NS/c1-2-14-33-29-36(28-27-32(33)13-1)39-19-7-9-24-45(39)49(46-25-12-23-43-42-22-8-10-26-47(42)50-48(43)46)37-17-11-16-34(30-37)44-31-35-15-3-4-18-38(35)40-20-5-6-21-41(40)44/h1-31H. The van der Waals surface area contributed by atoms with Crippen LogP contribution in [0.2, 0.25) is 0 Å². The molecule has 10 rings (SSSR count). The van der Waals surface area contributed by atoms with Gasteiger partial charge in [0.25, 0.3) is 0 Å². The van der Waals surface area contributed by atoms with E-state index in [2.05, 4.69) is 193 Å². The average molecular weight is 654 g/mol. The van der Waals surface area contributed by atoms with E-state index >= 15 is 0 Å². The van der Waals surface area contributed by atoms with Crippen LogP contribution in [0.4, 0.5) is 17.1 Å². The van der Waals surface area contributed by atoms with Crippen LogP contribution in [0, 0.1) is 0 Å². The highest BCUT2D eigenvalue weighted by Gasteiger charge is 2.22. The number of para-hydroxylation sites is 1. The van der Waals surface area contributed by atoms with Gasteiger partial charge in [-0.1, -0.05) is 146 Å². The van der Waals surface area contributed by atoms with Crippen molar-refractivity contribution in [2.45, 2.75) is 0 Å². The van der Waals surface area contributed by atoms with Crippen molar-refractivity contribution in [3.63, 3.8) is 0 Å². The number of hydrogen-bond acceptors (Lipinski definition) is 2. The van der Waals surface area contributed by atoms with Gasteiger partial charge in [0.1, 0.15) is 0 Å². The Hall–Kier alpha value is -6.22. The van der Waals surface area contributed by atoms with Gasteiger partial charge in [0.05, 0.1) is 16.1 Å². The third kappa shape index (κ3) is 4.69. The Balaban J connectivity index is 1.24. The van der Waals surface area contributed by atoms with E-state index in [0.29, 0.717) is 0 Å². The third-order valence-corrected chi connectivity index (χ3v) is 11.2. The molecule has 0 radical (unpaired) electrons. The summed E-state index contributed by atoms with van der Waals surface area (Å²) in [6, 6.07) is 68.8. The van der Waals surface area contributed by atoms with Gasteiger partial charge in [-0.3, -0.25) is 0 Å². The van der Waals surface area contributed by atoms with Crippen LogP contribution >= 0.6 is 11.3 Å². The number of anilines is 3. The molecule has 1 aromatic heterocycles. The normalized spacial score (nSPS) is 11.6. The minimum Gasteiger partial charge on any atom is -0.308 e. The number of benzene rings is 9. The van der Waals surface area contributed by atoms with Gasteiger partial charge in [0, 0.05) is 26.7 Å². The molecule has 0 N–H and O–H groups in total. The van der Waals surface area contributed by atoms with E-state index < -0.39 is 0 Å². The molecule has 0 aliphatic carbocycles. The number of hydrogen-bond donors (Lipinski definition) is 0. The second-order valence-electron chi connectivity index (χ2n) is 12.9. The zero-order chi connectivity index (χ0) is 33.0. The Morgan fingerprint density at radius 1 is 0.340 bits per heavy atom. The van der Waals surface area contributed by atoms with E-state index in [9.17, 15) is 0 Å². The Morgan fingerprint density at radius 3 is 1.88 bits per heavy atom. The van der Waals surface area contributed by atoms with Crippen LogP contribution in [0.25, 0.3) is 74.7 Å². The molecule has 50 heavy (non-hydrogen) atoms. The first kappa shape index (κ1) is 28.8. The van der Waals surface area contributed by atoms with Crippen molar-refractivity contribution in [2.24, 2.45) is 0 Å². The van der Waals surface area contributed by atoms with Gasteiger partial charge in [0.15, 0.2) is 0 Å². The molecule has 1 heterocycles. The van der Waals surface area contributed by atoms with Gasteiger partial charge in [0.2, 0.25) is 0 Å². The lowest BCUT2D eigenvalue weighted by Crippen LogP contribution is -2.11. The maximum atomic E-state index is 2.48. The van der Waals surface area contributed by atoms with Crippen LogP contribution < -0.4 is 4.90 Å². The second-order valence-corrected chi connectivity index (χ2v) is 14.0. The first-order valence-corrected chi connectivity index (χ1v) is 17.9. The van der Waals surface area contributed by atoms with E-state index in [1.54, 1.807) is 0 Å². The van der Waals surface area contributed by atoms with Crippen molar-refractivity contribution in [1.82, 2.24) is 0 Å². The Kier molecular flexibility index (Phi) is 6.75. The fraction of sp³-hybridized carbons (Fsp3) is 0. The molecular weight excluding hydrogens is 623 g/mol. The summed E-state index contributed by atoms with van der Waals surface area (Å²) in [7, 11) is 0. The summed E-state index contributed by atoms with van der Waals surface area (Å²) in [5.41, 5.74) is 8.27. The lowest BCUT2D eigenvalue weighted by Gasteiger charge is -2.29. The lowest BCUT2D eigenvalue weighted by atomic mass is 9.93. The van der Waals surface area contributed by atoms with Crippen molar-refractivity contribution in [1.29, 1.82) is 0 Å². The van der Waals surface area contributed by atoms with Crippen LogP contribution in [0.3, 0.4) is 0 Å². The van der Waals surface area contributed by atoms with Crippen LogP contribution in [0.15, 0.2) is 188 Å². The summed E-state index contributed by atoms with van der Waals surface area (Å²) < 4.78 is 2.58. The maximum absolute atomic E-state index is 2.48. The van der Waals surface area contributed by atoms with Crippen LogP contribution in [-0.2, 0) is 0 Å². The molecule has 0 spiro atoms. The smallest absolute Gasteiger partial charge is 0.0640 e. The molecule has 1 nitrogen and oxygen atoms in total. The molecule has 0 saturated carbocycles. The molecule has 234 valence electrons. The van der Waals surface area contributed by atoms with Gasteiger partial charge in [-0.2, -0.15) is 0 Å². The van der Waals surface area contributed by atoms with Gasteiger partial charge in [-0.15, -0.1) is 11.3 Å². The fourth-order valence-corrected chi connectivity index (χ4v) is 8.90. The summed E-state index contributed by atoms with van der Waals surface area (Å²) in [6.45, 7) is 0. The Morgan fingerprint density at radius 2 is 0.980 bits per heavy atom.